The molecule has 3 aromatic rings. The number of hydrogen-bond donors (Lipinski definition) is 2. The predicted molar refractivity (Wildman–Crippen MR) is 124 cm³/mol. The molecule has 0 saturated heterocycles. The molecule has 2 aromatic carbocycles. The number of aromatic amines is 1. The monoisotopic (exact) mass is 466 g/mol. The van der Waals surface area contributed by atoms with Crippen LogP contribution in [-0.4, -0.2) is 66.9 Å². The third kappa shape index (κ3) is 5.46. The number of likely N-dealkylation sites (N-methyl/N-ethyl adjacent to an activating group) is 1. The van der Waals surface area contributed by atoms with Crippen molar-refractivity contribution in [3.63, 3.8) is 0 Å². The largest absolute Gasteiger partial charge is 0.491 e. The van der Waals surface area contributed by atoms with Gasteiger partial charge < -0.3 is 29.2 Å². The standard InChI is InChI=1S/C24H26N4O6/c1-15(14-31-3)33-18-10-16(23(29)26-22-6-7-25-27-22)11-19(12-18)34-17-4-5-20-21(13-17)32-9-8-28(2)24(20)30/h4-7,10-13,15H,8-9,14H2,1-3H3,(H2,25,26,27,29)/t15-/m0/s1. The first-order valence-electron chi connectivity index (χ1n) is 10.7. The number of fused-ring (bicyclic) bond motifs is 1. The molecule has 2 amide bonds. The van der Waals surface area contributed by atoms with Crippen LogP contribution in [0.5, 0.6) is 23.0 Å². The molecule has 0 saturated carbocycles. The van der Waals surface area contributed by atoms with E-state index in [4.69, 9.17) is 18.9 Å². The molecule has 1 aliphatic rings. The molecule has 1 aromatic heterocycles. The Morgan fingerprint density at radius 2 is 2.03 bits per heavy atom. The van der Waals surface area contributed by atoms with Crippen LogP contribution >= 0.6 is 0 Å². The Labute approximate surface area is 196 Å². The number of carbonyl (C=O) groups is 2. The first kappa shape index (κ1) is 23.1. The fraction of sp³-hybridized carbons (Fsp3) is 0.292. The molecule has 0 spiro atoms. The number of anilines is 1. The lowest BCUT2D eigenvalue weighted by molar-refractivity contribution is 0.0796. The lowest BCUT2D eigenvalue weighted by Gasteiger charge is -2.16. The lowest BCUT2D eigenvalue weighted by Crippen LogP contribution is -2.27. The Balaban J connectivity index is 1.61. The van der Waals surface area contributed by atoms with E-state index >= 15 is 0 Å². The van der Waals surface area contributed by atoms with Gasteiger partial charge in [0.15, 0.2) is 0 Å². The fourth-order valence-electron chi connectivity index (χ4n) is 3.45. The van der Waals surface area contributed by atoms with Crippen molar-refractivity contribution in [3.05, 3.63) is 59.8 Å². The van der Waals surface area contributed by atoms with Crippen LogP contribution in [0.3, 0.4) is 0 Å². The Bertz CT molecular complexity index is 1160. The molecule has 2 heterocycles. The lowest BCUT2D eigenvalue weighted by atomic mass is 10.1. The van der Waals surface area contributed by atoms with Crippen molar-refractivity contribution in [3.8, 4) is 23.0 Å². The number of ether oxygens (including phenoxy) is 4. The highest BCUT2D eigenvalue weighted by atomic mass is 16.5. The highest BCUT2D eigenvalue weighted by molar-refractivity contribution is 6.04. The molecule has 34 heavy (non-hydrogen) atoms. The SMILES string of the molecule is COC[C@H](C)Oc1cc(Oc2ccc3c(c2)OCCN(C)C3=O)cc(C(=O)Nc2ccn[nH]2)c1. The molecule has 1 aliphatic heterocycles. The summed E-state index contributed by atoms with van der Waals surface area (Å²) in [4.78, 5) is 26.9. The van der Waals surface area contributed by atoms with Crippen LogP contribution in [0.4, 0.5) is 5.82 Å². The number of aromatic nitrogens is 2. The van der Waals surface area contributed by atoms with Crippen molar-refractivity contribution in [1.82, 2.24) is 15.1 Å². The van der Waals surface area contributed by atoms with E-state index < -0.39 is 0 Å². The van der Waals surface area contributed by atoms with E-state index in [9.17, 15) is 9.59 Å². The second kappa shape index (κ2) is 10.3. The molecule has 0 fully saturated rings. The first-order chi connectivity index (χ1) is 16.4. The van der Waals surface area contributed by atoms with E-state index in [-0.39, 0.29) is 17.9 Å². The quantitative estimate of drug-likeness (QED) is 0.523. The van der Waals surface area contributed by atoms with E-state index in [1.165, 1.54) is 0 Å². The van der Waals surface area contributed by atoms with Crippen LogP contribution in [0, 0.1) is 0 Å². The molecule has 4 rings (SSSR count). The average molecular weight is 466 g/mol. The van der Waals surface area contributed by atoms with Gasteiger partial charge in [-0.05, 0) is 31.2 Å². The second-order valence-corrected chi connectivity index (χ2v) is 7.84. The van der Waals surface area contributed by atoms with Crippen LogP contribution < -0.4 is 19.5 Å². The third-order valence-electron chi connectivity index (χ3n) is 5.08. The van der Waals surface area contributed by atoms with Gasteiger partial charge in [0.05, 0.1) is 24.9 Å². The first-order valence-corrected chi connectivity index (χ1v) is 10.7. The molecular weight excluding hydrogens is 440 g/mol. The molecule has 178 valence electrons. The van der Waals surface area contributed by atoms with Crippen LogP contribution in [0.15, 0.2) is 48.7 Å². The normalized spacial score (nSPS) is 14.0. The van der Waals surface area contributed by atoms with E-state index in [1.54, 1.807) is 67.7 Å². The van der Waals surface area contributed by atoms with Crippen molar-refractivity contribution in [2.45, 2.75) is 13.0 Å². The van der Waals surface area contributed by atoms with E-state index in [2.05, 4.69) is 15.5 Å². The summed E-state index contributed by atoms with van der Waals surface area (Å²) in [6, 6.07) is 11.6. The number of nitrogens with zero attached hydrogens (tertiary/aromatic N) is 2. The molecule has 0 unspecified atom stereocenters. The predicted octanol–water partition coefficient (Wildman–Crippen LogP) is 3.33. The van der Waals surface area contributed by atoms with Crippen molar-refractivity contribution >= 4 is 17.6 Å². The molecular formula is C24H26N4O6. The zero-order chi connectivity index (χ0) is 24.1. The Kier molecular flexibility index (Phi) is 6.98. The minimum absolute atomic E-state index is 0.112. The summed E-state index contributed by atoms with van der Waals surface area (Å²) in [7, 11) is 3.32. The summed E-state index contributed by atoms with van der Waals surface area (Å²) in [5, 5.41) is 9.26. The van der Waals surface area contributed by atoms with Crippen LogP contribution in [0.1, 0.15) is 27.6 Å². The van der Waals surface area contributed by atoms with Gasteiger partial charge in [-0.3, -0.25) is 14.7 Å². The Hall–Kier alpha value is -4.05. The maximum atomic E-state index is 12.8. The summed E-state index contributed by atoms with van der Waals surface area (Å²) in [5.41, 5.74) is 0.798. The third-order valence-corrected chi connectivity index (χ3v) is 5.08. The zero-order valence-corrected chi connectivity index (χ0v) is 19.2. The highest BCUT2D eigenvalue weighted by Gasteiger charge is 2.21. The molecule has 10 nitrogen and oxygen atoms in total. The van der Waals surface area contributed by atoms with E-state index in [0.29, 0.717) is 59.7 Å². The molecule has 2 N–H and O–H groups in total. The van der Waals surface area contributed by atoms with Crippen LogP contribution in [0.2, 0.25) is 0 Å². The van der Waals surface area contributed by atoms with E-state index in [0.717, 1.165) is 0 Å². The number of carbonyl (C=O) groups excluding carboxylic acids is 2. The van der Waals surface area contributed by atoms with Crippen molar-refractivity contribution in [1.29, 1.82) is 0 Å². The van der Waals surface area contributed by atoms with Gasteiger partial charge in [0.25, 0.3) is 11.8 Å². The maximum absolute atomic E-state index is 12.8. The van der Waals surface area contributed by atoms with Gasteiger partial charge in [-0.15, -0.1) is 0 Å². The number of methoxy groups -OCH3 is 1. The summed E-state index contributed by atoms with van der Waals surface area (Å²) in [5.74, 6) is 1.72. The van der Waals surface area contributed by atoms with Crippen molar-refractivity contribution < 1.29 is 28.5 Å². The number of rotatable bonds is 8. The van der Waals surface area contributed by atoms with Gasteiger partial charge in [0.1, 0.15) is 41.5 Å². The Morgan fingerprint density at radius 3 is 2.79 bits per heavy atom. The number of benzene rings is 2. The summed E-state index contributed by atoms with van der Waals surface area (Å²) in [6.07, 6.45) is 1.30. The van der Waals surface area contributed by atoms with Crippen LogP contribution in [-0.2, 0) is 4.74 Å². The van der Waals surface area contributed by atoms with Gasteiger partial charge in [-0.25, -0.2) is 0 Å². The summed E-state index contributed by atoms with van der Waals surface area (Å²) >= 11 is 0. The second-order valence-electron chi connectivity index (χ2n) is 7.84. The van der Waals surface area contributed by atoms with Gasteiger partial charge >= 0.3 is 0 Å². The summed E-state index contributed by atoms with van der Waals surface area (Å²) in [6.45, 7) is 3.12. The zero-order valence-electron chi connectivity index (χ0n) is 19.2. The fourth-order valence-corrected chi connectivity index (χ4v) is 3.45. The molecule has 0 bridgehead atoms. The van der Waals surface area contributed by atoms with Crippen molar-refractivity contribution in [2.75, 3.05) is 39.2 Å². The topological polar surface area (TPSA) is 115 Å². The minimum atomic E-state index is -0.363. The molecule has 1 atom stereocenters. The number of nitrogens with one attached hydrogen (secondary N) is 2. The summed E-state index contributed by atoms with van der Waals surface area (Å²) < 4.78 is 22.8. The van der Waals surface area contributed by atoms with Gasteiger partial charge in [0, 0.05) is 37.9 Å². The average Bonchev–Trinajstić information content (AvgIpc) is 3.27. The van der Waals surface area contributed by atoms with Gasteiger partial charge in [-0.2, -0.15) is 5.10 Å². The van der Waals surface area contributed by atoms with Gasteiger partial charge in [0.2, 0.25) is 0 Å². The minimum Gasteiger partial charge on any atom is -0.491 e. The molecule has 10 heteroatoms. The molecule has 0 radical (unpaired) electrons. The number of hydrogen-bond acceptors (Lipinski definition) is 7. The van der Waals surface area contributed by atoms with Gasteiger partial charge in [-0.1, -0.05) is 0 Å². The van der Waals surface area contributed by atoms with Crippen molar-refractivity contribution in [2.24, 2.45) is 0 Å². The van der Waals surface area contributed by atoms with E-state index in [1.807, 2.05) is 6.92 Å². The molecule has 0 aliphatic carbocycles. The number of amides is 2. The highest BCUT2D eigenvalue weighted by Crippen LogP contribution is 2.33. The van der Waals surface area contributed by atoms with Crippen LogP contribution in [0.25, 0.3) is 0 Å². The Morgan fingerprint density at radius 1 is 1.21 bits per heavy atom. The smallest absolute Gasteiger partial charge is 0.257 e. The number of H-pyrrole nitrogens is 1. The maximum Gasteiger partial charge on any atom is 0.257 e.